The summed E-state index contributed by atoms with van der Waals surface area (Å²) >= 11 is 0. The molecule has 5 heteroatoms. The number of amides is 1. The summed E-state index contributed by atoms with van der Waals surface area (Å²) in [7, 11) is 3.06. The van der Waals surface area contributed by atoms with Crippen LogP contribution in [0.5, 0.6) is 11.5 Å². The third kappa shape index (κ3) is 3.88. The predicted octanol–water partition coefficient (Wildman–Crippen LogP) is 3.82. The Balaban J connectivity index is 2.33. The van der Waals surface area contributed by atoms with Crippen molar-refractivity contribution in [2.75, 3.05) is 19.5 Å². The molecule has 0 saturated heterocycles. The Morgan fingerprint density at radius 2 is 1.91 bits per heavy atom. The number of hydrogen-bond donors (Lipinski definition) is 1. The minimum atomic E-state index is -0.359. The molecule has 0 aliphatic heterocycles. The summed E-state index contributed by atoms with van der Waals surface area (Å²) in [5.74, 6) is 0.368. The highest BCUT2D eigenvalue weighted by molar-refractivity contribution is 6.04. The molecule has 2 aromatic rings. The van der Waals surface area contributed by atoms with E-state index in [0.29, 0.717) is 29.2 Å². The molecule has 0 aromatic heterocycles. The van der Waals surface area contributed by atoms with Crippen molar-refractivity contribution in [1.82, 2.24) is 0 Å². The van der Waals surface area contributed by atoms with Gasteiger partial charge in [-0.3, -0.25) is 4.79 Å². The van der Waals surface area contributed by atoms with Crippen molar-refractivity contribution in [3.8, 4) is 11.5 Å². The lowest BCUT2D eigenvalue weighted by molar-refractivity contribution is 0.102. The number of methoxy groups -OCH3 is 2. The van der Waals surface area contributed by atoms with Gasteiger partial charge in [0.25, 0.3) is 5.91 Å². The van der Waals surface area contributed by atoms with E-state index in [4.69, 9.17) is 9.47 Å². The quantitative estimate of drug-likeness (QED) is 0.824. The summed E-state index contributed by atoms with van der Waals surface area (Å²) in [5.41, 5.74) is 1.73. The SMILES string of the molecule is C=CCc1cc(C(=O)Nc2ccc(F)cc2)cc(OC)c1OC. The van der Waals surface area contributed by atoms with Gasteiger partial charge in [0.15, 0.2) is 11.5 Å². The summed E-state index contributed by atoms with van der Waals surface area (Å²) < 4.78 is 23.5. The van der Waals surface area contributed by atoms with Gasteiger partial charge in [-0.05, 0) is 42.8 Å². The summed E-state index contributed by atoms with van der Waals surface area (Å²) in [6.45, 7) is 3.70. The van der Waals surface area contributed by atoms with Gasteiger partial charge < -0.3 is 14.8 Å². The predicted molar refractivity (Wildman–Crippen MR) is 87.8 cm³/mol. The van der Waals surface area contributed by atoms with Crippen molar-refractivity contribution in [2.45, 2.75) is 6.42 Å². The molecule has 4 nitrogen and oxygen atoms in total. The van der Waals surface area contributed by atoms with Gasteiger partial charge in [0.2, 0.25) is 0 Å². The highest BCUT2D eigenvalue weighted by atomic mass is 19.1. The van der Waals surface area contributed by atoms with E-state index < -0.39 is 0 Å². The van der Waals surface area contributed by atoms with Crippen LogP contribution in [0.15, 0.2) is 49.1 Å². The first-order valence-corrected chi connectivity index (χ1v) is 7.01. The van der Waals surface area contributed by atoms with E-state index in [1.807, 2.05) is 0 Å². The number of benzene rings is 2. The lowest BCUT2D eigenvalue weighted by Gasteiger charge is -2.14. The molecule has 2 rings (SSSR count). The van der Waals surface area contributed by atoms with Gasteiger partial charge in [-0.1, -0.05) is 6.08 Å². The van der Waals surface area contributed by atoms with E-state index in [1.165, 1.54) is 31.4 Å². The molecule has 1 amide bonds. The van der Waals surface area contributed by atoms with Crippen LogP contribution in [0.1, 0.15) is 15.9 Å². The first-order valence-electron chi connectivity index (χ1n) is 7.01. The number of ether oxygens (including phenoxy) is 2. The zero-order valence-electron chi connectivity index (χ0n) is 13.1. The maximum atomic E-state index is 12.9. The highest BCUT2D eigenvalue weighted by Gasteiger charge is 2.15. The van der Waals surface area contributed by atoms with Crippen LogP contribution in [0.3, 0.4) is 0 Å². The molecule has 0 unspecified atom stereocenters. The van der Waals surface area contributed by atoms with Crippen molar-refractivity contribution >= 4 is 11.6 Å². The van der Waals surface area contributed by atoms with Crippen molar-refractivity contribution in [3.63, 3.8) is 0 Å². The molecule has 1 N–H and O–H groups in total. The van der Waals surface area contributed by atoms with Gasteiger partial charge in [-0.2, -0.15) is 0 Å². The van der Waals surface area contributed by atoms with Gasteiger partial charge in [0.05, 0.1) is 14.2 Å². The lowest BCUT2D eigenvalue weighted by Crippen LogP contribution is -2.13. The van der Waals surface area contributed by atoms with Crippen LogP contribution in [-0.4, -0.2) is 20.1 Å². The standard InChI is InChI=1S/C18H18FNO3/c1-4-5-12-10-13(11-16(22-2)17(12)23-3)18(21)20-15-8-6-14(19)7-9-15/h4,6-11H,1,5H2,2-3H3,(H,20,21). The third-order valence-electron chi connectivity index (χ3n) is 3.28. The van der Waals surface area contributed by atoms with E-state index in [9.17, 15) is 9.18 Å². The number of anilines is 1. The van der Waals surface area contributed by atoms with Crippen LogP contribution >= 0.6 is 0 Å². The Bertz CT molecular complexity index is 711. The molecule has 2 aromatic carbocycles. The molecule has 0 bridgehead atoms. The average molecular weight is 315 g/mol. The molecule has 0 heterocycles. The highest BCUT2D eigenvalue weighted by Crippen LogP contribution is 2.33. The first-order chi connectivity index (χ1) is 11.1. The van der Waals surface area contributed by atoms with E-state index >= 15 is 0 Å². The number of halogens is 1. The minimum Gasteiger partial charge on any atom is -0.493 e. The smallest absolute Gasteiger partial charge is 0.255 e. The average Bonchev–Trinajstić information content (AvgIpc) is 2.56. The fourth-order valence-corrected chi connectivity index (χ4v) is 2.22. The summed E-state index contributed by atoms with van der Waals surface area (Å²) in [6.07, 6.45) is 2.26. The zero-order chi connectivity index (χ0) is 16.8. The van der Waals surface area contributed by atoms with Crippen LogP contribution in [0.2, 0.25) is 0 Å². The Kier molecular flexibility index (Phi) is 5.36. The largest absolute Gasteiger partial charge is 0.493 e. The molecule has 0 aliphatic carbocycles. The lowest BCUT2D eigenvalue weighted by atomic mass is 10.0. The number of carbonyl (C=O) groups excluding carboxylic acids is 1. The molecule has 0 atom stereocenters. The number of hydrogen-bond acceptors (Lipinski definition) is 3. The molecular formula is C18H18FNO3. The minimum absolute atomic E-state index is 0.317. The molecule has 23 heavy (non-hydrogen) atoms. The summed E-state index contributed by atoms with van der Waals surface area (Å²) in [4.78, 5) is 12.4. The number of rotatable bonds is 6. The monoisotopic (exact) mass is 315 g/mol. The second kappa shape index (κ2) is 7.45. The Morgan fingerprint density at radius 1 is 1.22 bits per heavy atom. The van der Waals surface area contributed by atoms with Crippen molar-refractivity contribution in [2.24, 2.45) is 0 Å². The maximum absolute atomic E-state index is 12.9. The molecule has 0 spiro atoms. The Labute approximate surface area is 134 Å². The van der Waals surface area contributed by atoms with Crippen molar-refractivity contribution in [1.29, 1.82) is 0 Å². The fourth-order valence-electron chi connectivity index (χ4n) is 2.22. The molecule has 120 valence electrons. The maximum Gasteiger partial charge on any atom is 0.255 e. The van der Waals surface area contributed by atoms with Gasteiger partial charge in [0.1, 0.15) is 5.82 Å². The number of carbonyl (C=O) groups is 1. The zero-order valence-corrected chi connectivity index (χ0v) is 13.1. The molecule has 0 fully saturated rings. The van der Waals surface area contributed by atoms with Crippen LogP contribution < -0.4 is 14.8 Å². The van der Waals surface area contributed by atoms with Gasteiger partial charge in [0, 0.05) is 16.8 Å². The van der Waals surface area contributed by atoms with E-state index in [-0.39, 0.29) is 11.7 Å². The summed E-state index contributed by atoms with van der Waals surface area (Å²) in [5, 5.41) is 2.72. The van der Waals surface area contributed by atoms with Crippen molar-refractivity contribution < 1.29 is 18.7 Å². The molecule has 0 aliphatic rings. The van der Waals surface area contributed by atoms with E-state index in [2.05, 4.69) is 11.9 Å². The first kappa shape index (κ1) is 16.5. The second-order valence-corrected chi connectivity index (χ2v) is 4.82. The molecule has 0 saturated carbocycles. The Hall–Kier alpha value is -2.82. The van der Waals surface area contributed by atoms with Crippen LogP contribution in [0, 0.1) is 5.82 Å². The third-order valence-corrected chi connectivity index (χ3v) is 3.28. The van der Waals surface area contributed by atoms with Crippen LogP contribution in [0.4, 0.5) is 10.1 Å². The van der Waals surface area contributed by atoms with Gasteiger partial charge in [-0.15, -0.1) is 6.58 Å². The fraction of sp³-hybridized carbons (Fsp3) is 0.167. The molecular weight excluding hydrogens is 297 g/mol. The van der Waals surface area contributed by atoms with Gasteiger partial charge >= 0.3 is 0 Å². The Morgan fingerprint density at radius 3 is 2.48 bits per heavy atom. The van der Waals surface area contributed by atoms with E-state index in [0.717, 1.165) is 5.56 Å². The number of nitrogens with one attached hydrogen (secondary N) is 1. The van der Waals surface area contributed by atoms with Crippen LogP contribution in [-0.2, 0) is 6.42 Å². The summed E-state index contributed by atoms with van der Waals surface area (Å²) in [6, 6.07) is 8.89. The van der Waals surface area contributed by atoms with Crippen LogP contribution in [0.25, 0.3) is 0 Å². The number of allylic oxidation sites excluding steroid dienone is 1. The normalized spacial score (nSPS) is 10.0. The topological polar surface area (TPSA) is 47.6 Å². The molecule has 0 radical (unpaired) electrons. The van der Waals surface area contributed by atoms with E-state index in [1.54, 1.807) is 25.3 Å². The van der Waals surface area contributed by atoms with Crippen molar-refractivity contribution in [3.05, 3.63) is 66.0 Å². The van der Waals surface area contributed by atoms with Gasteiger partial charge in [-0.25, -0.2) is 4.39 Å². The second-order valence-electron chi connectivity index (χ2n) is 4.82.